The third-order valence-corrected chi connectivity index (χ3v) is 7.88. The topological polar surface area (TPSA) is 35.7 Å². The summed E-state index contributed by atoms with van der Waals surface area (Å²) in [7, 11) is 0. The Bertz CT molecular complexity index is 1550. The van der Waals surface area contributed by atoms with Gasteiger partial charge in [-0.1, -0.05) is 29.3 Å². The number of rotatable bonds is 4. The molecule has 3 aromatic carbocycles. The Morgan fingerprint density at radius 3 is 2.24 bits per heavy atom. The monoisotopic (exact) mass is 557 g/mol. The van der Waals surface area contributed by atoms with Crippen molar-refractivity contribution in [1.29, 1.82) is 0 Å². The van der Waals surface area contributed by atoms with Gasteiger partial charge in [0.1, 0.15) is 23.5 Å². The lowest BCUT2D eigenvalue weighted by atomic mass is 9.98. The fourth-order valence-corrected chi connectivity index (χ4v) is 5.82. The zero-order chi connectivity index (χ0) is 27.2. The van der Waals surface area contributed by atoms with Crippen molar-refractivity contribution in [3.8, 4) is 22.6 Å². The minimum atomic E-state index is -0.709. The molecule has 0 aliphatic carbocycles. The normalized spacial score (nSPS) is 18.1. The second-order valence-corrected chi connectivity index (χ2v) is 11.6. The van der Waals surface area contributed by atoms with E-state index in [1.807, 2.05) is 0 Å². The number of piperidine rings is 1. The van der Waals surface area contributed by atoms with Crippen LogP contribution in [-0.4, -0.2) is 29.3 Å². The van der Waals surface area contributed by atoms with Crippen LogP contribution in [0.4, 0.5) is 8.78 Å². The zero-order valence-electron chi connectivity index (χ0n) is 21.5. The molecule has 0 amide bonds. The summed E-state index contributed by atoms with van der Waals surface area (Å²) in [6.45, 7) is 8.64. The smallest absolute Gasteiger partial charge is 0.255 e. The number of aromatic nitrogens is 1. The minimum Gasteiger partial charge on any atom is -0.490 e. The third-order valence-electron chi connectivity index (χ3n) is 7.27. The van der Waals surface area contributed by atoms with Crippen LogP contribution in [0.15, 0.2) is 65.5 Å². The molecule has 1 fully saturated rings. The third kappa shape index (κ3) is 5.18. The second-order valence-electron chi connectivity index (χ2n) is 10.8. The van der Waals surface area contributed by atoms with Gasteiger partial charge in [-0.05, 0) is 62.7 Å². The SMILES string of the molecule is CC(C)(C)[NH+]1CCC(Oc2cc(-c3ccc(F)cc3F)c3ccc(=O)n(-c4c(Cl)cccc4Cl)c3c2)CC1. The average Bonchev–Trinajstić information content (AvgIpc) is 2.84. The summed E-state index contributed by atoms with van der Waals surface area (Å²) in [6, 6.07) is 15.0. The van der Waals surface area contributed by atoms with Gasteiger partial charge in [0.15, 0.2) is 0 Å². The number of hydrogen-bond donors (Lipinski definition) is 1. The van der Waals surface area contributed by atoms with Gasteiger partial charge in [-0.25, -0.2) is 8.78 Å². The summed E-state index contributed by atoms with van der Waals surface area (Å²) in [5.41, 5.74) is 1.27. The molecule has 38 heavy (non-hydrogen) atoms. The molecule has 2 heterocycles. The van der Waals surface area contributed by atoms with E-state index in [-0.39, 0.29) is 22.8 Å². The van der Waals surface area contributed by atoms with E-state index in [2.05, 4.69) is 20.8 Å². The number of para-hydroxylation sites is 1. The molecule has 5 rings (SSSR count). The van der Waals surface area contributed by atoms with Crippen molar-refractivity contribution in [3.63, 3.8) is 0 Å². The van der Waals surface area contributed by atoms with Crippen LogP contribution in [0.1, 0.15) is 33.6 Å². The highest BCUT2D eigenvalue weighted by molar-refractivity contribution is 6.37. The molecule has 0 spiro atoms. The van der Waals surface area contributed by atoms with E-state index >= 15 is 4.39 Å². The van der Waals surface area contributed by atoms with E-state index in [1.54, 1.807) is 36.4 Å². The molecule has 1 N–H and O–H groups in total. The van der Waals surface area contributed by atoms with Crippen LogP contribution in [-0.2, 0) is 0 Å². The molecule has 0 unspecified atom stereocenters. The quantitative estimate of drug-likeness (QED) is 0.312. The number of pyridine rings is 1. The lowest BCUT2D eigenvalue weighted by molar-refractivity contribution is -0.951. The molecule has 1 aromatic heterocycles. The highest BCUT2D eigenvalue weighted by Gasteiger charge is 2.31. The first-order valence-electron chi connectivity index (χ1n) is 12.6. The number of hydrogen-bond acceptors (Lipinski definition) is 2. The molecule has 1 aliphatic rings. The number of benzene rings is 3. The number of fused-ring (bicyclic) bond motifs is 1. The summed E-state index contributed by atoms with van der Waals surface area (Å²) in [5.74, 6) is -0.891. The molecular weight excluding hydrogens is 529 g/mol. The Labute approximate surface area is 230 Å². The van der Waals surface area contributed by atoms with Crippen molar-refractivity contribution >= 4 is 34.1 Å². The molecule has 0 bridgehead atoms. The Balaban J connectivity index is 1.68. The Morgan fingerprint density at radius 2 is 1.61 bits per heavy atom. The van der Waals surface area contributed by atoms with Gasteiger partial charge in [-0.3, -0.25) is 9.36 Å². The van der Waals surface area contributed by atoms with Crippen LogP contribution >= 0.6 is 23.2 Å². The van der Waals surface area contributed by atoms with Crippen molar-refractivity contribution in [1.82, 2.24) is 4.57 Å². The van der Waals surface area contributed by atoms with Crippen molar-refractivity contribution < 1.29 is 18.4 Å². The van der Waals surface area contributed by atoms with E-state index < -0.39 is 11.6 Å². The Morgan fingerprint density at radius 1 is 0.921 bits per heavy atom. The molecule has 4 nitrogen and oxygen atoms in total. The number of nitrogens with zero attached hydrogens (tertiary/aromatic N) is 1. The largest absolute Gasteiger partial charge is 0.490 e. The number of quaternary nitrogens is 1. The van der Waals surface area contributed by atoms with E-state index in [4.69, 9.17) is 27.9 Å². The van der Waals surface area contributed by atoms with Gasteiger partial charge in [-0.2, -0.15) is 0 Å². The fraction of sp³-hybridized carbons (Fsp3) is 0.300. The van der Waals surface area contributed by atoms with Crippen molar-refractivity contribution in [2.24, 2.45) is 0 Å². The van der Waals surface area contributed by atoms with E-state index in [0.29, 0.717) is 37.9 Å². The molecular formula is C30H29Cl2F2N2O2+. The van der Waals surface area contributed by atoms with Gasteiger partial charge in [0.05, 0.1) is 39.9 Å². The highest BCUT2D eigenvalue weighted by atomic mass is 35.5. The van der Waals surface area contributed by atoms with Crippen LogP contribution in [0.2, 0.25) is 10.0 Å². The maximum Gasteiger partial charge on any atom is 0.255 e. The second kappa shape index (κ2) is 10.3. The van der Waals surface area contributed by atoms with Crippen LogP contribution in [0.25, 0.3) is 27.7 Å². The number of nitrogens with one attached hydrogen (secondary N) is 1. The van der Waals surface area contributed by atoms with Crippen molar-refractivity contribution in [2.45, 2.75) is 45.3 Å². The predicted octanol–water partition coefficient (Wildman–Crippen LogP) is 6.47. The molecule has 0 saturated carbocycles. The van der Waals surface area contributed by atoms with Gasteiger partial charge < -0.3 is 9.64 Å². The van der Waals surface area contributed by atoms with Gasteiger partial charge in [0.25, 0.3) is 5.56 Å². The maximum atomic E-state index is 15.0. The summed E-state index contributed by atoms with van der Waals surface area (Å²) in [4.78, 5) is 14.7. The molecule has 0 radical (unpaired) electrons. The van der Waals surface area contributed by atoms with Gasteiger partial charge in [0.2, 0.25) is 0 Å². The molecule has 4 aromatic rings. The van der Waals surface area contributed by atoms with E-state index in [0.717, 1.165) is 32.0 Å². The molecule has 1 saturated heterocycles. The maximum absolute atomic E-state index is 15.0. The van der Waals surface area contributed by atoms with Crippen LogP contribution < -0.4 is 15.2 Å². The van der Waals surface area contributed by atoms with Crippen LogP contribution in [0.5, 0.6) is 5.75 Å². The number of halogens is 4. The van der Waals surface area contributed by atoms with Crippen molar-refractivity contribution in [2.75, 3.05) is 13.1 Å². The van der Waals surface area contributed by atoms with Crippen molar-refractivity contribution in [3.05, 3.63) is 92.7 Å². The van der Waals surface area contributed by atoms with Crippen LogP contribution in [0.3, 0.4) is 0 Å². The first-order valence-corrected chi connectivity index (χ1v) is 13.4. The number of ether oxygens (including phenoxy) is 1. The molecule has 8 heteroatoms. The minimum absolute atomic E-state index is 0.0303. The fourth-order valence-electron chi connectivity index (χ4n) is 5.25. The predicted molar refractivity (Wildman–Crippen MR) is 149 cm³/mol. The lowest BCUT2D eigenvalue weighted by Crippen LogP contribution is -3.20. The number of likely N-dealkylation sites (tertiary alicyclic amines) is 1. The zero-order valence-corrected chi connectivity index (χ0v) is 23.0. The lowest BCUT2D eigenvalue weighted by Gasteiger charge is -2.37. The summed E-state index contributed by atoms with van der Waals surface area (Å²) >= 11 is 13.0. The molecule has 198 valence electrons. The summed E-state index contributed by atoms with van der Waals surface area (Å²) in [5, 5.41) is 1.17. The highest BCUT2D eigenvalue weighted by Crippen LogP contribution is 2.37. The van der Waals surface area contributed by atoms with Crippen LogP contribution in [0, 0.1) is 11.6 Å². The average molecular weight is 558 g/mol. The summed E-state index contributed by atoms with van der Waals surface area (Å²) in [6.07, 6.45) is 1.70. The molecule has 0 atom stereocenters. The Kier molecular flexibility index (Phi) is 7.25. The first kappa shape index (κ1) is 26.7. The van der Waals surface area contributed by atoms with Gasteiger partial charge in [0, 0.05) is 42.0 Å². The summed E-state index contributed by atoms with van der Waals surface area (Å²) < 4.78 is 36.7. The standard InChI is InChI=1S/C30H28Cl2F2N2O2/c1-30(2,3)35-13-11-19(12-14-35)38-20-16-23(21-8-7-18(33)15-26(21)34)22-9-10-28(37)36(27(22)17-20)29-24(31)5-4-6-25(29)32/h4-10,15-17,19H,11-14H2,1-3H3/p+1. The van der Waals surface area contributed by atoms with E-state index in [1.165, 1.54) is 27.7 Å². The Hall–Kier alpha value is -2.93. The van der Waals surface area contributed by atoms with Gasteiger partial charge >= 0.3 is 0 Å². The molecule has 1 aliphatic heterocycles. The first-order chi connectivity index (χ1) is 18.0. The van der Waals surface area contributed by atoms with E-state index in [9.17, 15) is 9.18 Å². The van der Waals surface area contributed by atoms with Gasteiger partial charge in [-0.15, -0.1) is 0 Å².